The Morgan fingerprint density at radius 3 is 2.22 bits per heavy atom. The fraction of sp³-hybridized carbons (Fsp3) is 0.440. The molecule has 0 aliphatic heterocycles. The Hall–Kier alpha value is -2.24. The smallest absolute Gasteiger partial charge is 0.260 e. The van der Waals surface area contributed by atoms with Crippen LogP contribution in [0, 0.1) is 6.92 Å². The van der Waals surface area contributed by atoms with Gasteiger partial charge in [-0.15, -0.1) is 12.4 Å². The third-order valence-electron chi connectivity index (χ3n) is 5.82. The van der Waals surface area contributed by atoms with Crippen LogP contribution in [0.4, 0.5) is 5.13 Å². The molecule has 1 aromatic heterocycles. The number of halogens is 1. The van der Waals surface area contributed by atoms with E-state index < -0.39 is 10.0 Å². The number of hydrogen-bond acceptors (Lipinski definition) is 7. The van der Waals surface area contributed by atoms with Crippen molar-refractivity contribution in [2.45, 2.75) is 32.1 Å². The second kappa shape index (κ2) is 12.8. The van der Waals surface area contributed by atoms with Crippen molar-refractivity contribution in [3.63, 3.8) is 0 Å². The van der Waals surface area contributed by atoms with E-state index in [-0.39, 0.29) is 23.2 Å². The second-order valence-electron chi connectivity index (χ2n) is 8.49. The first-order valence-corrected chi connectivity index (χ1v) is 13.9. The highest BCUT2D eigenvalue weighted by atomic mass is 35.5. The summed E-state index contributed by atoms with van der Waals surface area (Å²) in [5.41, 5.74) is 2.21. The van der Waals surface area contributed by atoms with Gasteiger partial charge in [0.1, 0.15) is 11.3 Å². The topological polar surface area (TPSA) is 83.1 Å². The molecule has 8 nitrogen and oxygen atoms in total. The Morgan fingerprint density at radius 1 is 1.03 bits per heavy atom. The SMILES string of the molecule is CCN(CC)S(=O)(=O)c1ccc(C(=O)N(CCCN(C)C)c2nc3c(OC)ccc(C)c3s2)cc1.Cl. The van der Waals surface area contributed by atoms with Gasteiger partial charge in [0.15, 0.2) is 5.13 Å². The number of carbonyl (C=O) groups excluding carboxylic acids is 1. The molecule has 0 aliphatic carbocycles. The predicted octanol–water partition coefficient (Wildman–Crippen LogP) is 4.66. The Bertz CT molecular complexity index is 1270. The first-order chi connectivity index (χ1) is 16.6. The number of sulfonamides is 1. The Balaban J connectivity index is 0.00000456. The zero-order valence-corrected chi connectivity index (χ0v) is 24.1. The number of rotatable bonds is 11. The summed E-state index contributed by atoms with van der Waals surface area (Å²) in [7, 11) is 2.00. The molecule has 198 valence electrons. The molecule has 0 radical (unpaired) electrons. The van der Waals surface area contributed by atoms with Crippen molar-refractivity contribution in [3.8, 4) is 5.75 Å². The summed E-state index contributed by atoms with van der Waals surface area (Å²) >= 11 is 1.46. The van der Waals surface area contributed by atoms with Crippen molar-refractivity contribution in [1.82, 2.24) is 14.2 Å². The highest BCUT2D eigenvalue weighted by Crippen LogP contribution is 2.37. The number of thiazole rings is 1. The monoisotopic (exact) mass is 554 g/mol. The fourth-order valence-electron chi connectivity index (χ4n) is 3.85. The first kappa shape index (κ1) is 30.0. The maximum Gasteiger partial charge on any atom is 0.260 e. The average molecular weight is 555 g/mol. The van der Waals surface area contributed by atoms with Crippen molar-refractivity contribution in [2.24, 2.45) is 0 Å². The van der Waals surface area contributed by atoms with Gasteiger partial charge in [-0.1, -0.05) is 31.3 Å². The number of aromatic nitrogens is 1. The summed E-state index contributed by atoms with van der Waals surface area (Å²) < 4.78 is 33.5. The highest BCUT2D eigenvalue weighted by molar-refractivity contribution is 7.89. The molecule has 0 fully saturated rings. The second-order valence-corrected chi connectivity index (χ2v) is 11.4. The number of anilines is 1. The molecular formula is C25H35ClN4O4S2. The van der Waals surface area contributed by atoms with Gasteiger partial charge in [0, 0.05) is 25.2 Å². The van der Waals surface area contributed by atoms with Crippen LogP contribution in [0.5, 0.6) is 5.75 Å². The minimum Gasteiger partial charge on any atom is -0.494 e. The molecule has 11 heteroatoms. The van der Waals surface area contributed by atoms with E-state index in [1.54, 1.807) is 38.0 Å². The van der Waals surface area contributed by atoms with E-state index in [2.05, 4.69) is 4.90 Å². The van der Waals surface area contributed by atoms with Crippen LogP contribution in [-0.2, 0) is 10.0 Å². The van der Waals surface area contributed by atoms with E-state index in [4.69, 9.17) is 9.72 Å². The maximum atomic E-state index is 13.6. The van der Waals surface area contributed by atoms with Gasteiger partial charge in [-0.2, -0.15) is 4.31 Å². The summed E-state index contributed by atoms with van der Waals surface area (Å²) in [5, 5.41) is 0.594. The van der Waals surface area contributed by atoms with E-state index in [1.807, 2.05) is 33.2 Å². The summed E-state index contributed by atoms with van der Waals surface area (Å²) in [6, 6.07) is 10.0. The summed E-state index contributed by atoms with van der Waals surface area (Å²) in [4.78, 5) is 22.3. The van der Waals surface area contributed by atoms with E-state index in [1.165, 1.54) is 27.8 Å². The van der Waals surface area contributed by atoms with Crippen LogP contribution in [0.2, 0.25) is 0 Å². The number of methoxy groups -OCH3 is 1. The normalized spacial score (nSPS) is 11.7. The van der Waals surface area contributed by atoms with Gasteiger partial charge in [-0.05, 0) is 69.9 Å². The number of fused-ring (bicyclic) bond motifs is 1. The van der Waals surface area contributed by atoms with Crippen LogP contribution in [0.1, 0.15) is 36.2 Å². The lowest BCUT2D eigenvalue weighted by atomic mass is 10.2. The lowest BCUT2D eigenvalue weighted by molar-refractivity contribution is 0.0986. The number of ether oxygens (including phenoxy) is 1. The lowest BCUT2D eigenvalue weighted by Gasteiger charge is -2.22. The molecule has 0 saturated carbocycles. The molecule has 0 unspecified atom stereocenters. The van der Waals surface area contributed by atoms with Gasteiger partial charge in [0.25, 0.3) is 5.91 Å². The summed E-state index contributed by atoms with van der Waals surface area (Å²) in [6.07, 6.45) is 0.763. The molecule has 1 amide bonds. The molecule has 2 aromatic carbocycles. The standard InChI is InChI=1S/C25H34N4O4S2.ClH/c1-7-28(8-2)35(31,32)20-13-11-19(12-14-20)24(30)29(17-9-16-27(4)5)25-26-22-21(33-6)15-10-18(3)23(22)34-25;/h10-15H,7-9,16-17H2,1-6H3;1H. The van der Waals surface area contributed by atoms with E-state index >= 15 is 0 Å². The molecule has 0 saturated heterocycles. The molecule has 0 aliphatic rings. The molecule has 0 spiro atoms. The van der Waals surface area contributed by atoms with Gasteiger partial charge in [-0.25, -0.2) is 13.4 Å². The molecule has 36 heavy (non-hydrogen) atoms. The first-order valence-electron chi connectivity index (χ1n) is 11.6. The summed E-state index contributed by atoms with van der Waals surface area (Å²) in [5.74, 6) is 0.450. The third-order valence-corrected chi connectivity index (χ3v) is 9.10. The van der Waals surface area contributed by atoms with Crippen molar-refractivity contribution in [2.75, 3.05) is 52.3 Å². The van der Waals surface area contributed by atoms with E-state index in [9.17, 15) is 13.2 Å². The molecule has 0 N–H and O–H groups in total. The van der Waals surface area contributed by atoms with Gasteiger partial charge in [0.05, 0.1) is 16.7 Å². The highest BCUT2D eigenvalue weighted by Gasteiger charge is 2.25. The van der Waals surface area contributed by atoms with Crippen LogP contribution in [0.15, 0.2) is 41.3 Å². The van der Waals surface area contributed by atoms with Crippen LogP contribution >= 0.6 is 23.7 Å². The number of benzene rings is 2. The van der Waals surface area contributed by atoms with E-state index in [0.29, 0.717) is 36.1 Å². The quantitative estimate of drug-likeness (QED) is 0.343. The van der Waals surface area contributed by atoms with Crippen molar-refractivity contribution in [3.05, 3.63) is 47.5 Å². The largest absolute Gasteiger partial charge is 0.494 e. The molecule has 3 aromatic rings. The van der Waals surface area contributed by atoms with E-state index in [0.717, 1.165) is 28.7 Å². The average Bonchev–Trinajstić information content (AvgIpc) is 3.28. The number of carbonyl (C=O) groups is 1. The Kier molecular flexibility index (Phi) is 10.7. The van der Waals surface area contributed by atoms with Crippen LogP contribution in [-0.4, -0.2) is 75.9 Å². The van der Waals surface area contributed by atoms with Crippen molar-refractivity contribution < 1.29 is 17.9 Å². The van der Waals surface area contributed by atoms with Gasteiger partial charge in [-0.3, -0.25) is 9.69 Å². The molecule has 1 heterocycles. The molecule has 3 rings (SSSR count). The van der Waals surface area contributed by atoms with Crippen LogP contribution < -0.4 is 9.64 Å². The van der Waals surface area contributed by atoms with Crippen molar-refractivity contribution in [1.29, 1.82) is 0 Å². The number of amides is 1. The minimum atomic E-state index is -3.59. The van der Waals surface area contributed by atoms with Crippen LogP contribution in [0.3, 0.4) is 0 Å². The predicted molar refractivity (Wildman–Crippen MR) is 150 cm³/mol. The Morgan fingerprint density at radius 2 is 1.67 bits per heavy atom. The minimum absolute atomic E-state index is 0. The number of nitrogens with zero attached hydrogens (tertiary/aromatic N) is 4. The maximum absolute atomic E-state index is 13.6. The zero-order chi connectivity index (χ0) is 25.8. The zero-order valence-electron chi connectivity index (χ0n) is 21.6. The lowest BCUT2D eigenvalue weighted by Crippen LogP contribution is -2.33. The van der Waals surface area contributed by atoms with Crippen molar-refractivity contribution >= 4 is 55.0 Å². The molecular weight excluding hydrogens is 520 g/mol. The summed E-state index contributed by atoms with van der Waals surface area (Å²) in [6.45, 7) is 7.70. The number of hydrogen-bond donors (Lipinski definition) is 0. The fourth-order valence-corrected chi connectivity index (χ4v) is 6.38. The third kappa shape index (κ3) is 6.36. The molecule has 0 bridgehead atoms. The van der Waals surface area contributed by atoms with Crippen LogP contribution in [0.25, 0.3) is 10.2 Å². The number of aryl methyl sites for hydroxylation is 1. The molecule has 0 atom stereocenters. The Labute approximate surface area is 224 Å². The van der Waals surface area contributed by atoms with Gasteiger partial charge < -0.3 is 9.64 Å². The van der Waals surface area contributed by atoms with Gasteiger partial charge in [0.2, 0.25) is 10.0 Å². The van der Waals surface area contributed by atoms with Gasteiger partial charge >= 0.3 is 0 Å².